The topological polar surface area (TPSA) is 92.3 Å². The van der Waals surface area contributed by atoms with Crippen LogP contribution in [0.25, 0.3) is 0 Å². The molecule has 0 aliphatic rings. The fraction of sp³-hybridized carbons (Fsp3) is 0.810. The van der Waals surface area contributed by atoms with Crippen LogP contribution in [0.1, 0.15) is 80.6 Å². The van der Waals surface area contributed by atoms with Gasteiger partial charge in [-0.05, 0) is 12.8 Å². The Hall–Kier alpha value is -1.56. The van der Waals surface area contributed by atoms with Crippen molar-refractivity contribution in [2.75, 3.05) is 0 Å². The average molecular weight is 383 g/mol. The Morgan fingerprint density at radius 2 is 1.30 bits per heavy atom. The second-order valence-corrected chi connectivity index (χ2v) is 8.07. The van der Waals surface area contributed by atoms with E-state index in [1.165, 1.54) is 0 Å². The maximum absolute atomic E-state index is 12.4. The highest BCUT2D eigenvalue weighted by molar-refractivity contribution is 5.91. The van der Waals surface area contributed by atoms with Crippen LogP contribution < -0.4 is 10.6 Å². The van der Waals surface area contributed by atoms with Crippen molar-refractivity contribution in [2.45, 2.75) is 98.7 Å². The van der Waals surface area contributed by atoms with E-state index in [0.717, 1.165) is 0 Å². The predicted molar refractivity (Wildman–Crippen MR) is 107 cm³/mol. The van der Waals surface area contributed by atoms with E-state index in [-0.39, 0.29) is 60.0 Å². The van der Waals surface area contributed by atoms with Crippen LogP contribution in [-0.2, 0) is 19.2 Å². The molecule has 0 saturated carbocycles. The van der Waals surface area contributed by atoms with E-state index in [1.807, 2.05) is 27.7 Å². The molecule has 0 aromatic rings. The Morgan fingerprint density at radius 3 is 1.74 bits per heavy atom. The number of hydrogen-bond donors (Lipinski definition) is 2. The highest BCUT2D eigenvalue weighted by Gasteiger charge is 2.25. The summed E-state index contributed by atoms with van der Waals surface area (Å²) in [6.45, 7) is 12.9. The number of nitrogens with one attached hydrogen (secondary N) is 2. The van der Waals surface area contributed by atoms with Crippen LogP contribution in [0.3, 0.4) is 0 Å². The zero-order valence-electron chi connectivity index (χ0n) is 18.1. The minimum atomic E-state index is -0.654. The summed E-state index contributed by atoms with van der Waals surface area (Å²) in [6, 6.07) is -0.869. The van der Waals surface area contributed by atoms with E-state index in [4.69, 9.17) is 0 Å². The lowest BCUT2D eigenvalue weighted by molar-refractivity contribution is -0.130. The smallest absolute Gasteiger partial charge is 0.220 e. The molecule has 27 heavy (non-hydrogen) atoms. The third-order valence-corrected chi connectivity index (χ3v) is 4.50. The molecule has 0 aliphatic carbocycles. The van der Waals surface area contributed by atoms with Crippen molar-refractivity contribution in [1.29, 1.82) is 0 Å². The lowest BCUT2D eigenvalue weighted by Gasteiger charge is -2.22. The fourth-order valence-electron chi connectivity index (χ4n) is 2.79. The fourth-order valence-corrected chi connectivity index (χ4v) is 2.79. The molecule has 0 saturated heterocycles. The summed E-state index contributed by atoms with van der Waals surface area (Å²) in [7, 11) is 0. The second-order valence-electron chi connectivity index (χ2n) is 8.07. The first-order chi connectivity index (χ1) is 12.5. The molecule has 0 radical (unpaired) electrons. The second kappa shape index (κ2) is 12.8. The van der Waals surface area contributed by atoms with Crippen LogP contribution in [0.4, 0.5) is 0 Å². The molecular formula is C21H38N2O4. The first-order valence-electron chi connectivity index (χ1n) is 10.1. The molecule has 0 rings (SSSR count). The summed E-state index contributed by atoms with van der Waals surface area (Å²) in [6.07, 6.45) is 1.56. The standard InChI is InChI=1S/C21H38N2O4/c1-8-18(24)16(22-15(6)7)10-12-20(26)23-17(21(27)14(4)5)9-11-19(25)13(2)3/h13-17,22H,8-12H2,1-7H3,(H,23,26). The van der Waals surface area contributed by atoms with E-state index < -0.39 is 6.04 Å². The third-order valence-electron chi connectivity index (χ3n) is 4.50. The molecular weight excluding hydrogens is 344 g/mol. The van der Waals surface area contributed by atoms with Gasteiger partial charge >= 0.3 is 0 Å². The first-order valence-corrected chi connectivity index (χ1v) is 10.1. The Balaban J connectivity index is 4.84. The highest BCUT2D eigenvalue weighted by atomic mass is 16.2. The molecule has 2 unspecified atom stereocenters. The SMILES string of the molecule is CCC(=O)C(CCC(=O)NC(CCC(=O)C(C)C)C(=O)C(C)C)NC(C)C. The van der Waals surface area contributed by atoms with Gasteiger partial charge in [0.15, 0.2) is 5.78 Å². The summed E-state index contributed by atoms with van der Waals surface area (Å²) in [4.78, 5) is 48.7. The molecule has 2 N–H and O–H groups in total. The van der Waals surface area contributed by atoms with Gasteiger partial charge in [-0.15, -0.1) is 0 Å². The third kappa shape index (κ3) is 10.4. The zero-order chi connectivity index (χ0) is 21.1. The molecule has 0 aromatic carbocycles. The quantitative estimate of drug-likeness (QED) is 0.482. The molecule has 2 atom stereocenters. The van der Waals surface area contributed by atoms with Gasteiger partial charge in [-0.25, -0.2) is 0 Å². The van der Waals surface area contributed by atoms with E-state index in [2.05, 4.69) is 10.6 Å². The number of hydrogen-bond acceptors (Lipinski definition) is 5. The lowest BCUT2D eigenvalue weighted by Crippen LogP contribution is -2.45. The van der Waals surface area contributed by atoms with Crippen LogP contribution in [-0.4, -0.2) is 41.4 Å². The Kier molecular flexibility index (Phi) is 12.0. The van der Waals surface area contributed by atoms with Crippen LogP contribution in [0.15, 0.2) is 0 Å². The summed E-state index contributed by atoms with van der Waals surface area (Å²) in [5.41, 5.74) is 0. The molecule has 0 fully saturated rings. The minimum absolute atomic E-state index is 0.0682. The van der Waals surface area contributed by atoms with Crippen LogP contribution in [0.2, 0.25) is 0 Å². The van der Waals surface area contributed by atoms with Gasteiger partial charge in [0, 0.05) is 37.1 Å². The van der Waals surface area contributed by atoms with Crippen molar-refractivity contribution in [3.63, 3.8) is 0 Å². The molecule has 156 valence electrons. The summed E-state index contributed by atoms with van der Waals surface area (Å²) in [5, 5.41) is 5.97. The van der Waals surface area contributed by atoms with Gasteiger partial charge in [-0.1, -0.05) is 48.5 Å². The maximum Gasteiger partial charge on any atom is 0.220 e. The lowest BCUT2D eigenvalue weighted by atomic mass is 9.94. The van der Waals surface area contributed by atoms with E-state index in [0.29, 0.717) is 19.3 Å². The number of carbonyl (C=O) groups is 4. The van der Waals surface area contributed by atoms with E-state index in [1.54, 1.807) is 20.8 Å². The van der Waals surface area contributed by atoms with Crippen LogP contribution >= 0.6 is 0 Å². The van der Waals surface area contributed by atoms with Gasteiger partial charge in [0.2, 0.25) is 5.91 Å². The Labute approximate surface area is 164 Å². The highest BCUT2D eigenvalue weighted by Crippen LogP contribution is 2.11. The molecule has 6 nitrogen and oxygen atoms in total. The first kappa shape index (κ1) is 25.4. The minimum Gasteiger partial charge on any atom is -0.346 e. The van der Waals surface area contributed by atoms with Crippen molar-refractivity contribution < 1.29 is 19.2 Å². The molecule has 0 aliphatic heterocycles. The van der Waals surface area contributed by atoms with Gasteiger partial charge in [-0.2, -0.15) is 0 Å². The molecule has 0 heterocycles. The number of Topliss-reactive ketones (excluding diaryl/α,β-unsaturated/α-hetero) is 3. The summed E-state index contributed by atoms with van der Waals surface area (Å²) in [5.74, 6) is -0.471. The number of rotatable bonds is 14. The maximum atomic E-state index is 12.4. The van der Waals surface area contributed by atoms with Gasteiger partial charge < -0.3 is 10.6 Å². The normalized spacial score (nSPS) is 13.7. The van der Waals surface area contributed by atoms with Crippen molar-refractivity contribution in [3.8, 4) is 0 Å². The van der Waals surface area contributed by atoms with Crippen molar-refractivity contribution in [1.82, 2.24) is 10.6 Å². The van der Waals surface area contributed by atoms with Crippen molar-refractivity contribution in [3.05, 3.63) is 0 Å². The van der Waals surface area contributed by atoms with Gasteiger partial charge in [-0.3, -0.25) is 19.2 Å². The number of ketones is 3. The summed E-state index contributed by atoms with van der Waals surface area (Å²) < 4.78 is 0. The Morgan fingerprint density at radius 1 is 0.741 bits per heavy atom. The van der Waals surface area contributed by atoms with Gasteiger partial charge in [0.1, 0.15) is 11.6 Å². The van der Waals surface area contributed by atoms with Crippen LogP contribution in [0, 0.1) is 11.8 Å². The molecule has 0 aromatic heterocycles. The van der Waals surface area contributed by atoms with E-state index >= 15 is 0 Å². The predicted octanol–water partition coefficient (Wildman–Crippen LogP) is 2.83. The van der Waals surface area contributed by atoms with Crippen molar-refractivity contribution >= 4 is 23.3 Å². The largest absolute Gasteiger partial charge is 0.346 e. The average Bonchev–Trinajstić information content (AvgIpc) is 2.59. The van der Waals surface area contributed by atoms with Gasteiger partial charge in [0.25, 0.3) is 0 Å². The number of carbonyl (C=O) groups excluding carboxylic acids is 4. The van der Waals surface area contributed by atoms with Crippen molar-refractivity contribution in [2.24, 2.45) is 11.8 Å². The summed E-state index contributed by atoms with van der Waals surface area (Å²) >= 11 is 0. The molecule has 0 bridgehead atoms. The zero-order valence-corrected chi connectivity index (χ0v) is 18.1. The Bertz CT molecular complexity index is 512. The molecule has 6 heteroatoms. The monoisotopic (exact) mass is 382 g/mol. The van der Waals surface area contributed by atoms with Gasteiger partial charge in [0.05, 0.1) is 12.1 Å². The number of amides is 1. The van der Waals surface area contributed by atoms with Crippen LogP contribution in [0.5, 0.6) is 0 Å². The van der Waals surface area contributed by atoms with E-state index in [9.17, 15) is 19.2 Å². The molecule has 0 spiro atoms. The molecule has 1 amide bonds.